The van der Waals surface area contributed by atoms with Crippen LogP contribution in [0.5, 0.6) is 0 Å². The second kappa shape index (κ2) is 8.47. The van der Waals surface area contributed by atoms with E-state index in [1.165, 1.54) is 20.3 Å². The van der Waals surface area contributed by atoms with Gasteiger partial charge >= 0.3 is 5.97 Å². The summed E-state index contributed by atoms with van der Waals surface area (Å²) >= 11 is 0. The Bertz CT molecular complexity index is 973. The van der Waals surface area contributed by atoms with Crippen LogP contribution in [0.1, 0.15) is 54.4 Å². The molecule has 0 bridgehead atoms. The van der Waals surface area contributed by atoms with Crippen molar-refractivity contribution in [2.45, 2.75) is 39.7 Å². The third-order valence-electron chi connectivity index (χ3n) is 5.85. The molecule has 1 fully saturated rings. The lowest BCUT2D eigenvalue weighted by Gasteiger charge is -2.41. The van der Waals surface area contributed by atoms with Crippen LogP contribution in [0, 0.1) is 12.3 Å². The lowest BCUT2D eigenvalue weighted by atomic mass is 9.81. The van der Waals surface area contributed by atoms with Gasteiger partial charge < -0.3 is 19.5 Å². The maximum atomic E-state index is 12.2. The van der Waals surface area contributed by atoms with Crippen molar-refractivity contribution in [3.8, 4) is 0 Å². The quantitative estimate of drug-likeness (QED) is 0.422. The first-order valence-corrected chi connectivity index (χ1v) is 9.97. The van der Waals surface area contributed by atoms with Crippen LogP contribution in [0.25, 0.3) is 5.65 Å². The van der Waals surface area contributed by atoms with Crippen molar-refractivity contribution in [2.24, 2.45) is 5.41 Å². The van der Waals surface area contributed by atoms with Crippen molar-refractivity contribution in [2.75, 3.05) is 31.7 Å². The van der Waals surface area contributed by atoms with Crippen LogP contribution in [0.15, 0.2) is 25.1 Å². The van der Waals surface area contributed by atoms with Gasteiger partial charge in [-0.25, -0.2) is 9.78 Å². The smallest absolute Gasteiger partial charge is 0.339 e. The lowest BCUT2D eigenvalue weighted by molar-refractivity contribution is -0.150. The summed E-state index contributed by atoms with van der Waals surface area (Å²) in [6, 6.07) is 1.77. The van der Waals surface area contributed by atoms with Gasteiger partial charge in [-0.1, -0.05) is 13.5 Å². The van der Waals surface area contributed by atoms with E-state index in [2.05, 4.69) is 23.4 Å². The van der Waals surface area contributed by atoms with Crippen molar-refractivity contribution in [1.82, 2.24) is 9.38 Å². The Balaban J connectivity index is 2.09. The number of fused-ring (bicyclic) bond motifs is 1. The van der Waals surface area contributed by atoms with Gasteiger partial charge in [-0.15, -0.1) is 0 Å². The molecule has 0 radical (unpaired) electrons. The molecule has 0 saturated carbocycles. The molecule has 1 saturated heterocycles. The van der Waals surface area contributed by atoms with Gasteiger partial charge in [0, 0.05) is 37.2 Å². The highest BCUT2D eigenvalue weighted by Crippen LogP contribution is 2.38. The van der Waals surface area contributed by atoms with E-state index in [1.807, 2.05) is 6.92 Å². The first kappa shape index (κ1) is 21.8. The summed E-state index contributed by atoms with van der Waals surface area (Å²) in [5.41, 5.74) is 2.11. The summed E-state index contributed by atoms with van der Waals surface area (Å²) in [5.74, 6) is -0.216. The van der Waals surface area contributed by atoms with Gasteiger partial charge in [-0.05, 0) is 31.4 Å². The molecule has 0 aromatic carbocycles. The van der Waals surface area contributed by atoms with E-state index in [4.69, 9.17) is 9.47 Å². The predicted octanol–water partition coefficient (Wildman–Crippen LogP) is 2.82. The fourth-order valence-corrected chi connectivity index (χ4v) is 3.97. The average Bonchev–Trinajstić information content (AvgIpc) is 3.15. The topological polar surface area (TPSA) is 93.4 Å². The number of aliphatic hydroxyl groups excluding tert-OH is 1. The number of Topliss-reactive ketones (excluding diaryl/α,β-unsaturated/α-hetero) is 1. The summed E-state index contributed by atoms with van der Waals surface area (Å²) in [4.78, 5) is 30.6. The van der Waals surface area contributed by atoms with Gasteiger partial charge in [-0.2, -0.15) is 0 Å². The zero-order valence-electron chi connectivity index (χ0n) is 18.0. The van der Waals surface area contributed by atoms with Crippen LogP contribution in [0.4, 0.5) is 5.82 Å². The van der Waals surface area contributed by atoms with Crippen LogP contribution < -0.4 is 4.90 Å². The summed E-state index contributed by atoms with van der Waals surface area (Å²) in [6.45, 7) is 11.1. The highest BCUT2D eigenvalue weighted by molar-refractivity contribution is 5.93. The van der Waals surface area contributed by atoms with Crippen LogP contribution >= 0.6 is 0 Å². The Morgan fingerprint density at radius 3 is 2.63 bits per heavy atom. The number of piperidine rings is 1. The number of hydrogen-bond donors (Lipinski definition) is 1. The second-order valence-corrected chi connectivity index (χ2v) is 8.18. The molecular formula is C22H29N3O5. The van der Waals surface area contributed by atoms with Crippen LogP contribution in [-0.2, 0) is 14.3 Å². The molecule has 0 spiro atoms. The normalized spacial score (nSPS) is 16.9. The maximum Gasteiger partial charge on any atom is 0.339 e. The third-order valence-corrected chi connectivity index (χ3v) is 5.85. The van der Waals surface area contributed by atoms with E-state index < -0.39 is 12.1 Å². The highest BCUT2D eigenvalue weighted by Gasteiger charge is 2.35. The molecule has 0 amide bonds. The largest absolute Gasteiger partial charge is 0.501 e. The van der Waals surface area contributed by atoms with Crippen LogP contribution in [-0.4, -0.2) is 53.0 Å². The summed E-state index contributed by atoms with van der Waals surface area (Å²) in [7, 11) is 1.25. The number of anilines is 1. The Hall–Kier alpha value is -2.87. The minimum Gasteiger partial charge on any atom is -0.501 e. The standard InChI is InChI=1S/C22H29N3O5/c1-6-30-13-22(4)7-9-24(10-8-22)20-18(19(27)21(28)29-5)14(2)11-17-23-16(15(3)26)12-25(17)20/h6,11-12,19,27H,1,7-10,13H2,2-5H3/t19-/m0/s1. The van der Waals surface area contributed by atoms with Gasteiger partial charge in [0.05, 0.1) is 20.0 Å². The Labute approximate surface area is 176 Å². The maximum absolute atomic E-state index is 12.2. The minimum absolute atomic E-state index is 0.00818. The highest BCUT2D eigenvalue weighted by atomic mass is 16.5. The number of methoxy groups -OCH3 is 1. The van der Waals surface area contributed by atoms with Crippen molar-refractivity contribution in [3.05, 3.63) is 41.9 Å². The van der Waals surface area contributed by atoms with E-state index in [0.717, 1.165) is 12.8 Å². The van der Waals surface area contributed by atoms with Crippen molar-refractivity contribution >= 4 is 23.2 Å². The Kier molecular flexibility index (Phi) is 6.17. The number of aryl methyl sites for hydroxylation is 1. The van der Waals surface area contributed by atoms with Crippen LogP contribution in [0.3, 0.4) is 0 Å². The molecule has 0 unspecified atom stereocenters. The second-order valence-electron chi connectivity index (χ2n) is 8.18. The van der Waals surface area contributed by atoms with Crippen molar-refractivity contribution < 1.29 is 24.2 Å². The zero-order valence-corrected chi connectivity index (χ0v) is 18.0. The number of aromatic nitrogens is 2. The Morgan fingerprint density at radius 1 is 1.40 bits per heavy atom. The molecule has 2 aromatic rings. The number of carbonyl (C=O) groups excluding carboxylic acids is 2. The predicted molar refractivity (Wildman–Crippen MR) is 113 cm³/mol. The van der Waals surface area contributed by atoms with Gasteiger partial charge in [0.25, 0.3) is 0 Å². The third kappa shape index (κ3) is 4.05. The summed E-state index contributed by atoms with van der Waals surface area (Å²) < 4.78 is 12.0. The molecule has 2 aromatic heterocycles. The number of aliphatic hydroxyl groups is 1. The molecule has 1 atom stereocenters. The molecule has 1 N–H and O–H groups in total. The van der Waals surface area contributed by atoms with Gasteiger partial charge in [0.2, 0.25) is 0 Å². The fourth-order valence-electron chi connectivity index (χ4n) is 3.97. The molecule has 0 aliphatic carbocycles. The lowest BCUT2D eigenvalue weighted by Crippen LogP contribution is -2.42. The number of ether oxygens (including phenoxy) is 2. The average molecular weight is 415 g/mol. The summed E-state index contributed by atoms with van der Waals surface area (Å²) in [6.07, 6.45) is 3.40. The van der Waals surface area contributed by atoms with Crippen LogP contribution in [0.2, 0.25) is 0 Å². The number of imidazole rings is 1. The van der Waals surface area contributed by atoms with E-state index in [-0.39, 0.29) is 11.2 Å². The summed E-state index contributed by atoms with van der Waals surface area (Å²) in [5, 5.41) is 10.7. The number of rotatable bonds is 7. The SMILES string of the molecule is C=COCC1(C)CCN(c2c([C@H](O)C(=O)OC)c(C)cc3nc(C(C)=O)cn23)CC1. The van der Waals surface area contributed by atoms with E-state index >= 15 is 0 Å². The fraction of sp³-hybridized carbons (Fsp3) is 0.500. The minimum atomic E-state index is -1.44. The number of ketones is 1. The van der Waals surface area contributed by atoms with E-state index in [1.54, 1.807) is 16.7 Å². The van der Waals surface area contributed by atoms with Gasteiger partial charge in [0.1, 0.15) is 17.2 Å². The zero-order chi connectivity index (χ0) is 22.1. The van der Waals surface area contributed by atoms with Gasteiger partial charge in [-0.3, -0.25) is 9.20 Å². The van der Waals surface area contributed by atoms with E-state index in [0.29, 0.717) is 48.0 Å². The molecule has 1 aliphatic heterocycles. The molecule has 1 aliphatic rings. The molecule has 8 heteroatoms. The number of esters is 1. The monoisotopic (exact) mass is 415 g/mol. The number of nitrogens with zero attached hydrogens (tertiary/aromatic N) is 3. The molecular weight excluding hydrogens is 386 g/mol. The molecule has 3 rings (SSSR count). The molecule has 30 heavy (non-hydrogen) atoms. The molecule has 3 heterocycles. The first-order valence-electron chi connectivity index (χ1n) is 9.97. The number of pyridine rings is 1. The van der Waals surface area contributed by atoms with Gasteiger partial charge in [0.15, 0.2) is 11.9 Å². The number of carbonyl (C=O) groups is 2. The number of hydrogen-bond acceptors (Lipinski definition) is 7. The molecule has 8 nitrogen and oxygen atoms in total. The first-order chi connectivity index (χ1) is 14.2. The molecule has 162 valence electrons. The van der Waals surface area contributed by atoms with Crippen molar-refractivity contribution in [3.63, 3.8) is 0 Å². The van der Waals surface area contributed by atoms with Crippen molar-refractivity contribution in [1.29, 1.82) is 0 Å². The van der Waals surface area contributed by atoms with E-state index in [9.17, 15) is 14.7 Å². The Morgan fingerprint density at radius 2 is 2.07 bits per heavy atom.